The van der Waals surface area contributed by atoms with E-state index in [0.29, 0.717) is 17.5 Å². The van der Waals surface area contributed by atoms with E-state index in [0.717, 1.165) is 31.5 Å². The number of carbonyl (C=O) groups excluding carboxylic acids is 3. The van der Waals surface area contributed by atoms with E-state index in [9.17, 15) is 18.8 Å². The average Bonchev–Trinajstić information content (AvgIpc) is 2.91. The Hall–Kier alpha value is -1.70. The Labute approximate surface area is 170 Å². The van der Waals surface area contributed by atoms with E-state index in [-0.39, 0.29) is 62.5 Å². The minimum absolute atomic E-state index is 0. The van der Waals surface area contributed by atoms with Gasteiger partial charge >= 0.3 is 18.6 Å². The van der Waals surface area contributed by atoms with Gasteiger partial charge < -0.3 is 17.6 Å². The van der Waals surface area contributed by atoms with Crippen molar-refractivity contribution < 1.29 is 37.3 Å². The zero-order valence-corrected chi connectivity index (χ0v) is 16.6. The van der Waals surface area contributed by atoms with Gasteiger partial charge in [0.15, 0.2) is 0 Å². The number of halogens is 1. The van der Waals surface area contributed by atoms with E-state index < -0.39 is 11.9 Å². The van der Waals surface area contributed by atoms with Crippen molar-refractivity contribution in [2.24, 2.45) is 0 Å². The number of hydrogen-bond acceptors (Lipinski definition) is 3. The molecule has 3 aliphatic heterocycles. The van der Waals surface area contributed by atoms with Gasteiger partial charge in [-0.25, -0.2) is 4.39 Å². The average molecular weight is 410 g/mol. The predicted octanol–water partition coefficient (Wildman–Crippen LogP) is 2.29. The number of nitrogens with one attached hydrogen (secondary N) is 1. The molecule has 3 aliphatic rings. The van der Waals surface area contributed by atoms with Crippen LogP contribution in [0.15, 0.2) is 12.1 Å². The van der Waals surface area contributed by atoms with Crippen LogP contribution in [0.25, 0.3) is 5.32 Å². The molecule has 4 rings (SSSR count). The third-order valence-electron chi connectivity index (χ3n) is 5.35. The van der Waals surface area contributed by atoms with Crippen LogP contribution in [-0.4, -0.2) is 41.8 Å². The fraction of sp³-hybridized carbons (Fsp3) is 0.474. The Morgan fingerprint density at radius 2 is 1.81 bits per heavy atom. The molecule has 27 heavy (non-hydrogen) atoms. The molecule has 1 N–H and O–H groups in total. The zero-order chi connectivity index (χ0) is 17.6. The third kappa shape index (κ3) is 3.95. The maximum Gasteiger partial charge on any atom is 2.00 e. The first kappa shape index (κ1) is 21.6. The van der Waals surface area contributed by atoms with Crippen molar-refractivity contribution in [3.05, 3.63) is 47.4 Å². The topological polar surface area (TPSA) is 80.6 Å². The van der Waals surface area contributed by atoms with Crippen LogP contribution in [0.5, 0.6) is 0 Å². The molecule has 6 nitrogen and oxygen atoms in total. The SMILES string of the molecule is O=C1CCC(N2Cc3cc(C4CC[N-]CC4)c(F)cc3C2=O)C(=O)N1.[CH3-].[V+2]. The number of benzene rings is 1. The summed E-state index contributed by atoms with van der Waals surface area (Å²) in [6.07, 6.45) is 2.16. The molecule has 1 radical (unpaired) electrons. The van der Waals surface area contributed by atoms with Crippen molar-refractivity contribution in [3.8, 4) is 0 Å². The molecular formula is C19H22FN3O3V. The number of piperidine rings is 2. The fourth-order valence-electron chi connectivity index (χ4n) is 3.98. The van der Waals surface area contributed by atoms with Crippen LogP contribution in [0.2, 0.25) is 0 Å². The second kappa shape index (κ2) is 8.54. The molecule has 3 amide bonds. The van der Waals surface area contributed by atoms with Crippen LogP contribution >= 0.6 is 0 Å². The minimum Gasteiger partial charge on any atom is -0.662 e. The zero-order valence-electron chi connectivity index (χ0n) is 15.2. The molecule has 1 unspecified atom stereocenters. The van der Waals surface area contributed by atoms with Crippen LogP contribution in [0.4, 0.5) is 4.39 Å². The molecule has 0 aromatic heterocycles. The molecule has 8 heteroatoms. The first-order valence-corrected chi connectivity index (χ1v) is 8.65. The van der Waals surface area contributed by atoms with E-state index in [1.165, 1.54) is 11.0 Å². The Kier molecular flexibility index (Phi) is 6.84. The molecule has 0 aliphatic carbocycles. The monoisotopic (exact) mass is 410 g/mol. The van der Waals surface area contributed by atoms with Gasteiger partial charge in [0.05, 0.1) is 0 Å². The number of hydrogen-bond donors (Lipinski definition) is 1. The summed E-state index contributed by atoms with van der Waals surface area (Å²) in [6, 6.07) is 2.42. The molecule has 0 spiro atoms. The Balaban J connectivity index is 0.00000131. The van der Waals surface area contributed by atoms with E-state index in [2.05, 4.69) is 10.6 Å². The Bertz CT molecular complexity index is 765. The van der Waals surface area contributed by atoms with Crippen molar-refractivity contribution in [2.75, 3.05) is 13.1 Å². The van der Waals surface area contributed by atoms with Crippen LogP contribution in [-0.2, 0) is 34.7 Å². The standard InChI is InChI=1S/C18H19FN3O3.CH3.V/c19-14-8-13-11(7-12(14)10-3-5-20-6-4-10)9-22(18(13)25)15-1-2-16(23)21-17(15)24;;/h7-8,10,15H,1-6,9H2,(H,21,23,24);1H3;/q2*-1;+2. The maximum absolute atomic E-state index is 14.6. The van der Waals surface area contributed by atoms with Crippen LogP contribution < -0.4 is 5.32 Å². The summed E-state index contributed by atoms with van der Waals surface area (Å²) >= 11 is 0. The van der Waals surface area contributed by atoms with Crippen molar-refractivity contribution in [1.82, 2.24) is 10.2 Å². The van der Waals surface area contributed by atoms with Crippen molar-refractivity contribution in [3.63, 3.8) is 0 Å². The van der Waals surface area contributed by atoms with Gasteiger partial charge in [0, 0.05) is 18.5 Å². The molecular weight excluding hydrogens is 388 g/mol. The quantitative estimate of drug-likeness (QED) is 0.600. The molecule has 1 atom stereocenters. The molecule has 2 saturated heterocycles. The van der Waals surface area contributed by atoms with Crippen molar-refractivity contribution in [2.45, 2.75) is 44.2 Å². The van der Waals surface area contributed by atoms with E-state index >= 15 is 0 Å². The summed E-state index contributed by atoms with van der Waals surface area (Å²) in [4.78, 5) is 37.5. The minimum atomic E-state index is -0.669. The van der Waals surface area contributed by atoms with Crippen LogP contribution in [0.3, 0.4) is 0 Å². The fourth-order valence-corrected chi connectivity index (χ4v) is 3.98. The first-order valence-electron chi connectivity index (χ1n) is 8.65. The van der Waals surface area contributed by atoms with Gasteiger partial charge in [-0.2, -0.15) is 0 Å². The summed E-state index contributed by atoms with van der Waals surface area (Å²) in [5, 5.41) is 6.57. The van der Waals surface area contributed by atoms with Gasteiger partial charge in [-0.15, -0.1) is 13.1 Å². The van der Waals surface area contributed by atoms with E-state index in [1.54, 1.807) is 6.07 Å². The van der Waals surface area contributed by atoms with Gasteiger partial charge in [-0.05, 0) is 29.5 Å². The van der Waals surface area contributed by atoms with Gasteiger partial charge in [-0.3, -0.25) is 19.7 Å². The van der Waals surface area contributed by atoms with Gasteiger partial charge in [0.1, 0.15) is 11.9 Å². The second-order valence-electron chi connectivity index (χ2n) is 6.88. The summed E-state index contributed by atoms with van der Waals surface area (Å²) in [5.41, 5.74) is 1.73. The number of nitrogens with zero attached hydrogens (tertiary/aromatic N) is 2. The van der Waals surface area contributed by atoms with Crippen molar-refractivity contribution in [1.29, 1.82) is 0 Å². The van der Waals surface area contributed by atoms with Gasteiger partial charge in [-0.1, -0.05) is 18.9 Å². The Morgan fingerprint density at radius 3 is 2.48 bits per heavy atom. The molecule has 1 aromatic rings. The smallest absolute Gasteiger partial charge is 0.662 e. The number of imide groups is 1. The summed E-state index contributed by atoms with van der Waals surface area (Å²) in [7, 11) is 0. The predicted molar refractivity (Wildman–Crippen MR) is 93.9 cm³/mol. The largest absolute Gasteiger partial charge is 2.00 e. The molecule has 3 heterocycles. The molecule has 2 fully saturated rings. The van der Waals surface area contributed by atoms with E-state index in [4.69, 9.17) is 0 Å². The third-order valence-corrected chi connectivity index (χ3v) is 5.35. The van der Waals surface area contributed by atoms with Crippen LogP contribution in [0.1, 0.15) is 53.1 Å². The number of rotatable bonds is 2. The van der Waals surface area contributed by atoms with Gasteiger partial charge in [0.25, 0.3) is 5.91 Å². The van der Waals surface area contributed by atoms with Crippen LogP contribution in [0, 0.1) is 13.2 Å². The number of carbonyl (C=O) groups is 3. The number of fused-ring (bicyclic) bond motifs is 1. The van der Waals surface area contributed by atoms with Crippen molar-refractivity contribution >= 4 is 17.7 Å². The summed E-state index contributed by atoms with van der Waals surface area (Å²) in [6.45, 7) is 1.76. The summed E-state index contributed by atoms with van der Waals surface area (Å²) in [5.74, 6) is -1.34. The second-order valence-corrected chi connectivity index (χ2v) is 6.88. The van der Waals surface area contributed by atoms with Gasteiger partial charge in [0.2, 0.25) is 11.8 Å². The molecule has 0 bridgehead atoms. The van der Waals surface area contributed by atoms with E-state index in [1.807, 2.05) is 0 Å². The molecule has 0 saturated carbocycles. The number of amides is 3. The molecule has 1 aromatic carbocycles. The summed E-state index contributed by atoms with van der Waals surface area (Å²) < 4.78 is 14.6. The first-order chi connectivity index (χ1) is 12.0. The Morgan fingerprint density at radius 1 is 1.11 bits per heavy atom. The molecule has 143 valence electrons. The maximum atomic E-state index is 14.6. The normalized spacial score (nSPS) is 22.6.